The Balaban J connectivity index is 1.77. The molecule has 5 heteroatoms. The van der Waals surface area contributed by atoms with E-state index in [1.54, 1.807) is 0 Å². The third kappa shape index (κ3) is 4.17. The molecule has 0 spiro atoms. The zero-order chi connectivity index (χ0) is 17.8. The van der Waals surface area contributed by atoms with Gasteiger partial charge in [0.15, 0.2) is 5.78 Å². The number of hydrogen-bond donors (Lipinski definition) is 0. The van der Waals surface area contributed by atoms with Gasteiger partial charge in [0.1, 0.15) is 16.6 Å². The van der Waals surface area contributed by atoms with Crippen molar-refractivity contribution in [1.82, 2.24) is 4.98 Å². The van der Waals surface area contributed by atoms with Crippen LogP contribution >= 0.6 is 11.8 Å². The summed E-state index contributed by atoms with van der Waals surface area (Å²) in [5.41, 5.74) is 2.39. The maximum absolute atomic E-state index is 12.9. The van der Waals surface area contributed by atoms with E-state index in [0.717, 1.165) is 27.2 Å². The van der Waals surface area contributed by atoms with Crippen LogP contribution in [0.4, 0.5) is 4.39 Å². The molecule has 3 rings (SSSR count). The number of pyridine rings is 1. The Morgan fingerprint density at radius 3 is 2.64 bits per heavy atom. The van der Waals surface area contributed by atoms with Gasteiger partial charge in [0, 0.05) is 10.9 Å². The van der Waals surface area contributed by atoms with Crippen LogP contribution in [0.25, 0.3) is 10.9 Å². The summed E-state index contributed by atoms with van der Waals surface area (Å²) in [6, 6.07) is 13.5. The van der Waals surface area contributed by atoms with Gasteiger partial charge in [0.25, 0.3) is 0 Å². The van der Waals surface area contributed by atoms with Crippen LogP contribution in [0, 0.1) is 12.7 Å². The van der Waals surface area contributed by atoms with E-state index in [4.69, 9.17) is 4.74 Å². The number of benzene rings is 2. The van der Waals surface area contributed by atoms with Gasteiger partial charge in [-0.25, -0.2) is 9.37 Å². The van der Waals surface area contributed by atoms with Crippen molar-refractivity contribution in [3.8, 4) is 5.75 Å². The van der Waals surface area contributed by atoms with Crippen LogP contribution in [0.15, 0.2) is 53.6 Å². The van der Waals surface area contributed by atoms with Crippen molar-refractivity contribution in [1.29, 1.82) is 0 Å². The number of fused-ring (bicyclic) bond motifs is 1. The van der Waals surface area contributed by atoms with Gasteiger partial charge in [0.2, 0.25) is 0 Å². The maximum Gasteiger partial charge on any atom is 0.173 e. The lowest BCUT2D eigenvalue weighted by molar-refractivity contribution is 0.102. The SMILES string of the molecule is CCOc1ccc2nc(SCC(=O)c3ccc(F)cc3)c(C)cc2c1. The summed E-state index contributed by atoms with van der Waals surface area (Å²) < 4.78 is 18.5. The third-order valence-corrected chi connectivity index (χ3v) is 4.84. The molecule has 0 radical (unpaired) electrons. The number of carbonyl (C=O) groups excluding carboxylic acids is 1. The Bertz CT molecular complexity index is 909. The lowest BCUT2D eigenvalue weighted by atomic mass is 10.1. The number of halogens is 1. The average molecular weight is 355 g/mol. The summed E-state index contributed by atoms with van der Waals surface area (Å²) in [7, 11) is 0. The normalized spacial score (nSPS) is 10.8. The molecule has 128 valence electrons. The van der Waals surface area contributed by atoms with Crippen molar-refractivity contribution < 1.29 is 13.9 Å². The van der Waals surface area contributed by atoms with Crippen molar-refractivity contribution in [3.05, 3.63) is 65.5 Å². The van der Waals surface area contributed by atoms with Crippen LogP contribution < -0.4 is 4.74 Å². The second-order valence-corrected chi connectivity index (χ2v) is 6.58. The summed E-state index contributed by atoms with van der Waals surface area (Å²) in [6.07, 6.45) is 0. The molecule has 0 aliphatic carbocycles. The Hall–Kier alpha value is -2.40. The molecule has 3 aromatic rings. The van der Waals surface area contributed by atoms with E-state index in [-0.39, 0.29) is 17.4 Å². The number of thioether (sulfide) groups is 1. The number of nitrogens with zero attached hydrogens (tertiary/aromatic N) is 1. The molecule has 0 amide bonds. The van der Waals surface area contributed by atoms with Gasteiger partial charge in [-0.15, -0.1) is 0 Å². The molecule has 0 bridgehead atoms. The highest BCUT2D eigenvalue weighted by Gasteiger charge is 2.10. The molecule has 0 N–H and O–H groups in total. The molecule has 0 atom stereocenters. The van der Waals surface area contributed by atoms with E-state index in [0.29, 0.717) is 12.2 Å². The van der Waals surface area contributed by atoms with Gasteiger partial charge >= 0.3 is 0 Å². The highest BCUT2D eigenvalue weighted by atomic mass is 32.2. The third-order valence-electron chi connectivity index (χ3n) is 3.75. The van der Waals surface area contributed by atoms with E-state index in [9.17, 15) is 9.18 Å². The largest absolute Gasteiger partial charge is 0.494 e. The van der Waals surface area contributed by atoms with E-state index in [2.05, 4.69) is 11.1 Å². The molecular weight excluding hydrogens is 337 g/mol. The van der Waals surface area contributed by atoms with Crippen LogP contribution in [-0.2, 0) is 0 Å². The fraction of sp³-hybridized carbons (Fsp3) is 0.200. The highest BCUT2D eigenvalue weighted by molar-refractivity contribution is 8.00. The smallest absolute Gasteiger partial charge is 0.173 e. The van der Waals surface area contributed by atoms with Crippen molar-refractivity contribution in [3.63, 3.8) is 0 Å². The first-order chi connectivity index (χ1) is 12.1. The van der Waals surface area contributed by atoms with Gasteiger partial charge in [-0.3, -0.25) is 4.79 Å². The quantitative estimate of drug-likeness (QED) is 0.458. The van der Waals surface area contributed by atoms with Crippen molar-refractivity contribution in [2.75, 3.05) is 12.4 Å². The molecule has 1 heterocycles. The van der Waals surface area contributed by atoms with E-state index >= 15 is 0 Å². The van der Waals surface area contributed by atoms with E-state index in [1.165, 1.54) is 36.0 Å². The highest BCUT2D eigenvalue weighted by Crippen LogP contribution is 2.27. The number of rotatable bonds is 6. The Morgan fingerprint density at radius 2 is 1.92 bits per heavy atom. The number of aromatic nitrogens is 1. The fourth-order valence-electron chi connectivity index (χ4n) is 2.50. The molecular formula is C20H18FNO2S. The van der Waals surface area contributed by atoms with Crippen LogP contribution in [-0.4, -0.2) is 23.1 Å². The Labute approximate surface area is 150 Å². The lowest BCUT2D eigenvalue weighted by Crippen LogP contribution is -2.03. The maximum atomic E-state index is 12.9. The van der Waals surface area contributed by atoms with Crippen molar-refractivity contribution in [2.24, 2.45) is 0 Å². The predicted molar refractivity (Wildman–Crippen MR) is 99.1 cm³/mol. The fourth-order valence-corrected chi connectivity index (χ4v) is 3.38. The van der Waals surface area contributed by atoms with E-state index in [1.807, 2.05) is 32.0 Å². The monoisotopic (exact) mass is 355 g/mol. The van der Waals surface area contributed by atoms with Gasteiger partial charge in [-0.2, -0.15) is 0 Å². The number of hydrogen-bond acceptors (Lipinski definition) is 4. The molecule has 25 heavy (non-hydrogen) atoms. The summed E-state index contributed by atoms with van der Waals surface area (Å²) in [5, 5.41) is 1.84. The Morgan fingerprint density at radius 1 is 1.16 bits per heavy atom. The van der Waals surface area contributed by atoms with Gasteiger partial charge in [-0.05, 0) is 67.9 Å². The minimum absolute atomic E-state index is 0.0435. The van der Waals surface area contributed by atoms with Gasteiger partial charge < -0.3 is 4.74 Å². The second-order valence-electron chi connectivity index (χ2n) is 5.62. The standard InChI is InChI=1S/C20H18FNO2S/c1-3-24-17-8-9-18-15(11-17)10-13(2)20(22-18)25-12-19(23)14-4-6-16(21)7-5-14/h4-11H,3,12H2,1-2H3. The summed E-state index contributed by atoms with van der Waals surface area (Å²) in [4.78, 5) is 16.9. The molecule has 0 fully saturated rings. The van der Waals surface area contributed by atoms with Crippen LogP contribution in [0.2, 0.25) is 0 Å². The molecule has 3 nitrogen and oxygen atoms in total. The molecule has 0 aliphatic heterocycles. The van der Waals surface area contributed by atoms with Crippen molar-refractivity contribution in [2.45, 2.75) is 18.9 Å². The molecule has 0 aliphatic rings. The number of carbonyl (C=O) groups is 1. The predicted octanol–water partition coefficient (Wildman–Crippen LogP) is 5.06. The van der Waals surface area contributed by atoms with E-state index < -0.39 is 0 Å². The molecule has 0 saturated heterocycles. The van der Waals surface area contributed by atoms with Gasteiger partial charge in [0.05, 0.1) is 17.9 Å². The first-order valence-corrected chi connectivity index (χ1v) is 9.01. The first kappa shape index (κ1) is 17.4. The summed E-state index contributed by atoms with van der Waals surface area (Å²) in [5.74, 6) is 0.700. The molecule has 2 aromatic carbocycles. The van der Waals surface area contributed by atoms with Crippen molar-refractivity contribution >= 4 is 28.4 Å². The van der Waals surface area contributed by atoms with Crippen LogP contribution in [0.5, 0.6) is 5.75 Å². The number of aryl methyl sites for hydroxylation is 1. The van der Waals surface area contributed by atoms with Crippen LogP contribution in [0.3, 0.4) is 0 Å². The molecule has 0 unspecified atom stereocenters. The summed E-state index contributed by atoms with van der Waals surface area (Å²) >= 11 is 1.40. The zero-order valence-electron chi connectivity index (χ0n) is 14.1. The zero-order valence-corrected chi connectivity index (χ0v) is 14.9. The van der Waals surface area contributed by atoms with Crippen LogP contribution in [0.1, 0.15) is 22.8 Å². The summed E-state index contributed by atoms with van der Waals surface area (Å²) in [6.45, 7) is 4.55. The van der Waals surface area contributed by atoms with Gasteiger partial charge in [-0.1, -0.05) is 11.8 Å². The second kappa shape index (κ2) is 7.66. The number of ketones is 1. The first-order valence-electron chi connectivity index (χ1n) is 8.02. The molecule has 1 aromatic heterocycles. The molecule has 0 saturated carbocycles. The number of ether oxygens (including phenoxy) is 1. The topological polar surface area (TPSA) is 39.2 Å². The average Bonchev–Trinajstić information content (AvgIpc) is 2.60. The Kier molecular flexibility index (Phi) is 5.34. The minimum atomic E-state index is -0.345. The minimum Gasteiger partial charge on any atom is -0.494 e. The number of Topliss-reactive ketones (excluding diaryl/α,β-unsaturated/α-hetero) is 1. The lowest BCUT2D eigenvalue weighted by Gasteiger charge is -2.09.